The monoisotopic (exact) mass is 212 g/mol. The summed E-state index contributed by atoms with van der Waals surface area (Å²) in [5.74, 6) is 0.904. The fraction of sp³-hybridized carbons (Fsp3) is 0.917. The normalized spacial score (nSPS) is 19.5. The van der Waals surface area contributed by atoms with Gasteiger partial charge >= 0.3 is 0 Å². The molecule has 1 N–H and O–H groups in total. The average molecular weight is 212 g/mol. The summed E-state index contributed by atoms with van der Waals surface area (Å²) >= 11 is 0. The van der Waals surface area contributed by atoms with Gasteiger partial charge in [0.25, 0.3) is 0 Å². The lowest BCUT2D eigenvalue weighted by atomic mass is 9.93. The lowest BCUT2D eigenvalue weighted by Crippen LogP contribution is -2.39. The van der Waals surface area contributed by atoms with E-state index in [1.807, 2.05) is 0 Å². The standard InChI is InChI=1S/C12H24N2O/c1-10(2)14-8-5-12(6-9-14)4-7-13-11(3)15/h10,12H,4-9H2,1-3H3,(H,13,15). The number of carbonyl (C=O) groups is 1. The summed E-state index contributed by atoms with van der Waals surface area (Å²) in [6.45, 7) is 9.41. The van der Waals surface area contributed by atoms with Crippen LogP contribution in [-0.2, 0) is 4.79 Å². The third kappa shape index (κ3) is 4.65. The molecule has 0 atom stereocenters. The Labute approximate surface area is 93.2 Å². The van der Waals surface area contributed by atoms with E-state index in [0.29, 0.717) is 6.04 Å². The summed E-state index contributed by atoms with van der Waals surface area (Å²) in [6.07, 6.45) is 3.72. The highest BCUT2D eigenvalue weighted by Crippen LogP contribution is 2.21. The molecule has 15 heavy (non-hydrogen) atoms. The van der Waals surface area contributed by atoms with E-state index in [-0.39, 0.29) is 5.91 Å². The first kappa shape index (κ1) is 12.5. The molecule has 88 valence electrons. The van der Waals surface area contributed by atoms with Gasteiger partial charge in [0.1, 0.15) is 0 Å². The second-order valence-corrected chi connectivity index (χ2v) is 4.84. The summed E-state index contributed by atoms with van der Waals surface area (Å²) in [5, 5.41) is 2.87. The zero-order valence-electron chi connectivity index (χ0n) is 10.3. The molecule has 1 heterocycles. The van der Waals surface area contributed by atoms with Crippen molar-refractivity contribution in [2.45, 2.75) is 46.1 Å². The second kappa shape index (κ2) is 6.11. The zero-order valence-corrected chi connectivity index (χ0v) is 10.3. The highest BCUT2D eigenvalue weighted by Gasteiger charge is 2.20. The molecule has 3 nitrogen and oxygen atoms in total. The summed E-state index contributed by atoms with van der Waals surface area (Å²) in [6, 6.07) is 0.682. The van der Waals surface area contributed by atoms with E-state index in [1.54, 1.807) is 6.92 Å². The van der Waals surface area contributed by atoms with E-state index >= 15 is 0 Å². The Balaban J connectivity index is 2.12. The lowest BCUT2D eigenvalue weighted by Gasteiger charge is -2.34. The Morgan fingerprint density at radius 1 is 1.40 bits per heavy atom. The number of rotatable bonds is 4. The van der Waals surface area contributed by atoms with Crippen molar-refractivity contribution in [3.63, 3.8) is 0 Å². The molecule has 0 aromatic heterocycles. The quantitative estimate of drug-likeness (QED) is 0.768. The van der Waals surface area contributed by atoms with Gasteiger partial charge < -0.3 is 10.2 Å². The Morgan fingerprint density at radius 2 is 2.00 bits per heavy atom. The molecule has 1 fully saturated rings. The van der Waals surface area contributed by atoms with Crippen LogP contribution in [-0.4, -0.2) is 36.5 Å². The van der Waals surface area contributed by atoms with E-state index in [2.05, 4.69) is 24.1 Å². The van der Waals surface area contributed by atoms with E-state index in [0.717, 1.165) is 18.9 Å². The summed E-state index contributed by atoms with van der Waals surface area (Å²) in [4.78, 5) is 13.2. The van der Waals surface area contributed by atoms with E-state index in [4.69, 9.17) is 0 Å². The minimum absolute atomic E-state index is 0.0922. The summed E-state index contributed by atoms with van der Waals surface area (Å²) in [5.41, 5.74) is 0. The number of carbonyl (C=O) groups excluding carboxylic acids is 1. The predicted octanol–water partition coefficient (Wildman–Crippen LogP) is 1.63. The topological polar surface area (TPSA) is 32.3 Å². The second-order valence-electron chi connectivity index (χ2n) is 4.84. The van der Waals surface area contributed by atoms with E-state index < -0.39 is 0 Å². The van der Waals surface area contributed by atoms with Gasteiger partial charge in [0.2, 0.25) is 5.91 Å². The van der Waals surface area contributed by atoms with Crippen LogP contribution < -0.4 is 5.32 Å². The van der Waals surface area contributed by atoms with Gasteiger partial charge in [0.05, 0.1) is 0 Å². The lowest BCUT2D eigenvalue weighted by molar-refractivity contribution is -0.119. The summed E-state index contributed by atoms with van der Waals surface area (Å²) in [7, 11) is 0. The maximum atomic E-state index is 10.7. The molecule has 1 aliphatic heterocycles. The van der Waals surface area contributed by atoms with Crippen molar-refractivity contribution >= 4 is 5.91 Å². The number of nitrogens with one attached hydrogen (secondary N) is 1. The molecule has 0 unspecified atom stereocenters. The first-order chi connectivity index (χ1) is 7.09. The van der Waals surface area contributed by atoms with Crippen LogP contribution in [0.2, 0.25) is 0 Å². The van der Waals surface area contributed by atoms with Crippen molar-refractivity contribution < 1.29 is 4.79 Å². The van der Waals surface area contributed by atoms with Crippen molar-refractivity contribution in [3.8, 4) is 0 Å². The first-order valence-corrected chi connectivity index (χ1v) is 6.08. The molecule has 0 bridgehead atoms. The highest BCUT2D eigenvalue weighted by molar-refractivity contribution is 5.72. The fourth-order valence-corrected chi connectivity index (χ4v) is 2.21. The zero-order chi connectivity index (χ0) is 11.3. The Morgan fingerprint density at radius 3 is 2.47 bits per heavy atom. The number of amides is 1. The van der Waals surface area contributed by atoms with Crippen molar-refractivity contribution in [2.24, 2.45) is 5.92 Å². The average Bonchev–Trinajstić information content (AvgIpc) is 2.18. The van der Waals surface area contributed by atoms with Gasteiger partial charge in [-0.25, -0.2) is 0 Å². The molecular formula is C12H24N2O. The Kier molecular flexibility index (Phi) is 5.09. The number of hydrogen-bond acceptors (Lipinski definition) is 2. The molecule has 3 heteroatoms. The largest absolute Gasteiger partial charge is 0.356 e. The highest BCUT2D eigenvalue weighted by atomic mass is 16.1. The van der Waals surface area contributed by atoms with E-state index in [1.165, 1.54) is 25.9 Å². The third-order valence-electron chi connectivity index (χ3n) is 3.31. The molecule has 0 radical (unpaired) electrons. The molecule has 0 saturated carbocycles. The van der Waals surface area contributed by atoms with Gasteiger partial charge in [-0.05, 0) is 52.1 Å². The fourth-order valence-electron chi connectivity index (χ4n) is 2.21. The molecule has 1 saturated heterocycles. The van der Waals surface area contributed by atoms with Crippen LogP contribution in [0.1, 0.15) is 40.0 Å². The van der Waals surface area contributed by atoms with Crippen LogP contribution in [0.25, 0.3) is 0 Å². The van der Waals surface area contributed by atoms with Crippen LogP contribution in [0.15, 0.2) is 0 Å². The van der Waals surface area contributed by atoms with Crippen molar-refractivity contribution in [1.82, 2.24) is 10.2 Å². The third-order valence-corrected chi connectivity index (χ3v) is 3.31. The van der Waals surface area contributed by atoms with Crippen LogP contribution in [0, 0.1) is 5.92 Å². The van der Waals surface area contributed by atoms with Gasteiger partial charge in [0, 0.05) is 19.5 Å². The minimum Gasteiger partial charge on any atom is -0.356 e. The van der Waals surface area contributed by atoms with Crippen LogP contribution in [0.5, 0.6) is 0 Å². The van der Waals surface area contributed by atoms with Gasteiger partial charge in [-0.2, -0.15) is 0 Å². The molecule has 0 aliphatic carbocycles. The van der Waals surface area contributed by atoms with Gasteiger partial charge in [0.15, 0.2) is 0 Å². The molecule has 0 aromatic rings. The van der Waals surface area contributed by atoms with Crippen molar-refractivity contribution in [3.05, 3.63) is 0 Å². The molecule has 1 amide bonds. The number of piperidine rings is 1. The first-order valence-electron chi connectivity index (χ1n) is 6.08. The van der Waals surface area contributed by atoms with Gasteiger partial charge in [-0.15, -0.1) is 0 Å². The SMILES string of the molecule is CC(=O)NCCC1CCN(C(C)C)CC1. The summed E-state index contributed by atoms with van der Waals surface area (Å²) < 4.78 is 0. The number of nitrogens with zero attached hydrogens (tertiary/aromatic N) is 1. The van der Waals surface area contributed by atoms with Crippen molar-refractivity contribution in [1.29, 1.82) is 0 Å². The maximum Gasteiger partial charge on any atom is 0.216 e. The van der Waals surface area contributed by atoms with Gasteiger partial charge in [-0.3, -0.25) is 4.79 Å². The Bertz CT molecular complexity index is 196. The van der Waals surface area contributed by atoms with Gasteiger partial charge in [-0.1, -0.05) is 0 Å². The van der Waals surface area contributed by atoms with E-state index in [9.17, 15) is 4.79 Å². The predicted molar refractivity (Wildman–Crippen MR) is 62.7 cm³/mol. The van der Waals surface area contributed by atoms with Crippen molar-refractivity contribution in [2.75, 3.05) is 19.6 Å². The van der Waals surface area contributed by atoms with Crippen LogP contribution in [0.3, 0.4) is 0 Å². The smallest absolute Gasteiger partial charge is 0.216 e. The maximum absolute atomic E-state index is 10.7. The Hall–Kier alpha value is -0.570. The van der Waals surface area contributed by atoms with Crippen LogP contribution >= 0.6 is 0 Å². The number of hydrogen-bond donors (Lipinski definition) is 1. The molecule has 1 rings (SSSR count). The minimum atomic E-state index is 0.0922. The van der Waals surface area contributed by atoms with Crippen LogP contribution in [0.4, 0.5) is 0 Å². The number of likely N-dealkylation sites (tertiary alicyclic amines) is 1. The molecule has 0 spiro atoms. The molecule has 0 aromatic carbocycles. The molecule has 1 aliphatic rings. The molecular weight excluding hydrogens is 188 g/mol.